The molecule has 2 heterocycles. The van der Waals surface area contributed by atoms with E-state index in [2.05, 4.69) is 28.5 Å². The quantitative estimate of drug-likeness (QED) is 0.799. The number of rotatable bonds is 7. The molecule has 0 saturated heterocycles. The summed E-state index contributed by atoms with van der Waals surface area (Å²) in [7, 11) is 0. The van der Waals surface area contributed by atoms with Gasteiger partial charge in [-0.1, -0.05) is 6.92 Å². The van der Waals surface area contributed by atoms with Gasteiger partial charge in [0.15, 0.2) is 0 Å². The van der Waals surface area contributed by atoms with Gasteiger partial charge in [0.1, 0.15) is 5.82 Å². The number of hydrogen-bond acceptors (Lipinski definition) is 4. The lowest BCUT2D eigenvalue weighted by atomic mass is 10.0. The van der Waals surface area contributed by atoms with Crippen LogP contribution in [0.2, 0.25) is 0 Å². The van der Waals surface area contributed by atoms with Crippen LogP contribution in [0.5, 0.6) is 0 Å². The van der Waals surface area contributed by atoms with Gasteiger partial charge >= 0.3 is 0 Å². The Morgan fingerprint density at radius 3 is 2.60 bits per heavy atom. The number of anilines is 1. The van der Waals surface area contributed by atoms with Crippen LogP contribution >= 0.6 is 0 Å². The van der Waals surface area contributed by atoms with Crippen molar-refractivity contribution in [2.45, 2.75) is 45.4 Å². The third kappa shape index (κ3) is 4.32. The van der Waals surface area contributed by atoms with E-state index >= 15 is 0 Å². The molecule has 0 aromatic carbocycles. The average molecular weight is 342 g/mol. The monoisotopic (exact) mass is 342 g/mol. The SMILES string of the molecule is CCN1CCc2cc(C(=O)NCC3CC3)c(NCC3CC3)nc2CC1. The first-order valence-electron chi connectivity index (χ1n) is 10.00. The van der Waals surface area contributed by atoms with Gasteiger partial charge < -0.3 is 15.5 Å². The number of amides is 1. The summed E-state index contributed by atoms with van der Waals surface area (Å²) in [6.07, 6.45) is 7.07. The minimum Gasteiger partial charge on any atom is -0.369 e. The molecule has 2 saturated carbocycles. The third-order valence-electron chi connectivity index (χ3n) is 5.75. The van der Waals surface area contributed by atoms with E-state index in [0.29, 0.717) is 5.92 Å². The molecule has 1 aromatic heterocycles. The molecule has 1 aromatic rings. The Morgan fingerprint density at radius 1 is 1.16 bits per heavy atom. The molecule has 0 radical (unpaired) electrons. The van der Waals surface area contributed by atoms with E-state index < -0.39 is 0 Å². The lowest BCUT2D eigenvalue weighted by molar-refractivity contribution is 0.0952. The molecule has 2 N–H and O–H groups in total. The number of likely N-dealkylation sites (N-methyl/N-ethyl adjacent to an activating group) is 1. The number of aromatic nitrogens is 1. The highest BCUT2D eigenvalue weighted by molar-refractivity contribution is 5.99. The van der Waals surface area contributed by atoms with Crippen molar-refractivity contribution < 1.29 is 4.79 Å². The van der Waals surface area contributed by atoms with Crippen molar-refractivity contribution in [1.82, 2.24) is 15.2 Å². The predicted molar refractivity (Wildman–Crippen MR) is 100 cm³/mol. The van der Waals surface area contributed by atoms with Crippen LogP contribution in [-0.4, -0.2) is 48.5 Å². The first-order chi connectivity index (χ1) is 12.2. The molecule has 0 bridgehead atoms. The van der Waals surface area contributed by atoms with E-state index in [4.69, 9.17) is 4.98 Å². The molecule has 1 aliphatic heterocycles. The zero-order chi connectivity index (χ0) is 17.2. The second-order valence-electron chi connectivity index (χ2n) is 7.90. The van der Waals surface area contributed by atoms with E-state index in [1.807, 2.05) is 0 Å². The summed E-state index contributed by atoms with van der Waals surface area (Å²) >= 11 is 0. The highest BCUT2D eigenvalue weighted by Gasteiger charge is 2.26. The topological polar surface area (TPSA) is 57.3 Å². The van der Waals surface area contributed by atoms with Gasteiger partial charge in [0, 0.05) is 38.3 Å². The van der Waals surface area contributed by atoms with Crippen LogP contribution in [0.25, 0.3) is 0 Å². The van der Waals surface area contributed by atoms with Gasteiger partial charge in [0.25, 0.3) is 5.91 Å². The minimum absolute atomic E-state index is 0.0390. The fourth-order valence-electron chi connectivity index (χ4n) is 3.52. The van der Waals surface area contributed by atoms with Gasteiger partial charge in [0.2, 0.25) is 0 Å². The van der Waals surface area contributed by atoms with Crippen molar-refractivity contribution in [1.29, 1.82) is 0 Å². The molecule has 5 heteroatoms. The molecule has 136 valence electrons. The van der Waals surface area contributed by atoms with Crippen molar-refractivity contribution in [3.63, 3.8) is 0 Å². The molecule has 2 fully saturated rings. The van der Waals surface area contributed by atoms with E-state index in [1.165, 1.54) is 36.9 Å². The standard InChI is InChI=1S/C20H30N4O/c1-2-24-9-7-16-11-17(20(25)22-13-15-5-6-15)19(21-12-14-3-4-14)23-18(16)8-10-24/h11,14-15H,2-10,12-13H2,1H3,(H,21,23)(H,22,25). The number of nitrogens with zero attached hydrogens (tertiary/aromatic N) is 2. The molecule has 0 unspecified atom stereocenters. The smallest absolute Gasteiger partial charge is 0.255 e. The molecule has 25 heavy (non-hydrogen) atoms. The summed E-state index contributed by atoms with van der Waals surface area (Å²) in [4.78, 5) is 20.1. The zero-order valence-electron chi connectivity index (χ0n) is 15.3. The summed E-state index contributed by atoms with van der Waals surface area (Å²) < 4.78 is 0. The van der Waals surface area contributed by atoms with Crippen molar-refractivity contribution in [2.24, 2.45) is 11.8 Å². The summed E-state index contributed by atoms with van der Waals surface area (Å²) in [6.45, 7) is 7.16. The van der Waals surface area contributed by atoms with Crippen LogP contribution in [0.15, 0.2) is 6.07 Å². The highest BCUT2D eigenvalue weighted by atomic mass is 16.1. The number of hydrogen-bond donors (Lipinski definition) is 2. The van der Waals surface area contributed by atoms with Gasteiger partial charge in [-0.2, -0.15) is 0 Å². The lowest BCUT2D eigenvalue weighted by Crippen LogP contribution is -2.27. The Hall–Kier alpha value is -1.62. The Balaban J connectivity index is 1.55. The van der Waals surface area contributed by atoms with Crippen LogP contribution in [0.4, 0.5) is 5.82 Å². The van der Waals surface area contributed by atoms with Crippen molar-refractivity contribution in [3.05, 3.63) is 22.9 Å². The van der Waals surface area contributed by atoms with Crippen molar-refractivity contribution >= 4 is 11.7 Å². The maximum Gasteiger partial charge on any atom is 0.255 e. The van der Waals surface area contributed by atoms with Crippen LogP contribution < -0.4 is 10.6 Å². The fourth-order valence-corrected chi connectivity index (χ4v) is 3.52. The maximum absolute atomic E-state index is 12.7. The Labute approximate surface area is 150 Å². The van der Waals surface area contributed by atoms with E-state index in [-0.39, 0.29) is 5.91 Å². The normalized spacial score (nSPS) is 20.7. The minimum atomic E-state index is 0.0390. The number of pyridine rings is 1. The summed E-state index contributed by atoms with van der Waals surface area (Å²) in [5, 5.41) is 6.59. The van der Waals surface area contributed by atoms with Gasteiger partial charge in [0.05, 0.1) is 5.56 Å². The van der Waals surface area contributed by atoms with Gasteiger partial charge in [-0.25, -0.2) is 4.98 Å². The molecule has 0 spiro atoms. The predicted octanol–water partition coefficient (Wildman–Crippen LogP) is 2.46. The van der Waals surface area contributed by atoms with E-state index in [0.717, 1.165) is 62.9 Å². The average Bonchev–Trinajstić information content (AvgIpc) is 3.50. The second kappa shape index (κ2) is 7.32. The van der Waals surface area contributed by atoms with Crippen molar-refractivity contribution in [3.8, 4) is 0 Å². The summed E-state index contributed by atoms with van der Waals surface area (Å²) in [6, 6.07) is 2.11. The fraction of sp³-hybridized carbons (Fsp3) is 0.700. The van der Waals surface area contributed by atoms with E-state index in [9.17, 15) is 4.79 Å². The number of carbonyl (C=O) groups excluding carboxylic acids is 1. The number of nitrogens with one attached hydrogen (secondary N) is 2. The van der Waals surface area contributed by atoms with E-state index in [1.54, 1.807) is 0 Å². The largest absolute Gasteiger partial charge is 0.369 e. The molecule has 4 rings (SSSR count). The molecule has 3 aliphatic rings. The van der Waals surface area contributed by atoms with Crippen LogP contribution in [0.3, 0.4) is 0 Å². The van der Waals surface area contributed by atoms with Gasteiger partial charge in [-0.15, -0.1) is 0 Å². The van der Waals surface area contributed by atoms with Gasteiger partial charge in [-0.05, 0) is 62.1 Å². The summed E-state index contributed by atoms with van der Waals surface area (Å²) in [5.74, 6) is 2.29. The van der Waals surface area contributed by atoms with Crippen LogP contribution in [-0.2, 0) is 12.8 Å². The molecule has 2 aliphatic carbocycles. The first kappa shape index (κ1) is 16.8. The zero-order valence-corrected chi connectivity index (χ0v) is 15.3. The molecule has 0 atom stereocenters. The van der Waals surface area contributed by atoms with Crippen molar-refractivity contribution in [2.75, 3.05) is 38.0 Å². The Kier molecular flexibility index (Phi) is 4.93. The molecular weight excluding hydrogens is 312 g/mol. The second-order valence-corrected chi connectivity index (χ2v) is 7.90. The molecule has 1 amide bonds. The maximum atomic E-state index is 12.7. The van der Waals surface area contributed by atoms with Gasteiger partial charge in [-0.3, -0.25) is 4.79 Å². The third-order valence-corrected chi connectivity index (χ3v) is 5.75. The Bertz CT molecular complexity index is 637. The lowest BCUT2D eigenvalue weighted by Gasteiger charge is -2.15. The summed E-state index contributed by atoms with van der Waals surface area (Å²) in [5.41, 5.74) is 3.17. The first-order valence-corrected chi connectivity index (χ1v) is 10.00. The van der Waals surface area contributed by atoms with Crippen LogP contribution in [0, 0.1) is 11.8 Å². The molecular formula is C20H30N4O. The number of carbonyl (C=O) groups is 1. The Morgan fingerprint density at radius 2 is 1.88 bits per heavy atom. The van der Waals surface area contributed by atoms with Crippen LogP contribution in [0.1, 0.15) is 54.2 Å². The number of fused-ring (bicyclic) bond motifs is 1. The molecule has 5 nitrogen and oxygen atoms in total. The highest BCUT2D eigenvalue weighted by Crippen LogP contribution is 2.30.